The molecule has 0 heterocycles. The number of hydroxylamine groups is 1. The number of amides is 2. The molecule has 0 aliphatic rings. The molecule has 0 saturated heterocycles. The van der Waals surface area contributed by atoms with E-state index in [1.807, 2.05) is 0 Å². The third kappa shape index (κ3) is 11.5. The minimum atomic E-state index is -0.889. The monoisotopic (exact) mass is 160 g/mol. The quantitative estimate of drug-likeness (QED) is 0.351. The summed E-state index contributed by atoms with van der Waals surface area (Å²) < 4.78 is 0. The van der Waals surface area contributed by atoms with E-state index < -0.39 is 12.0 Å². The van der Waals surface area contributed by atoms with Gasteiger partial charge in [0.2, 0.25) is 0 Å². The predicted octanol–water partition coefficient (Wildman–Crippen LogP) is -1.02. The van der Waals surface area contributed by atoms with E-state index in [1.165, 1.54) is 0 Å². The summed E-state index contributed by atoms with van der Waals surface area (Å²) in [6, 6.07) is -0.889. The SMILES string of the molecule is CC(=O)ONC(N)=O.[Ca+2].[H-].[H-]. The fourth-order valence-electron chi connectivity index (χ4n) is 0.122. The first-order valence-corrected chi connectivity index (χ1v) is 1.86. The van der Waals surface area contributed by atoms with Gasteiger partial charge in [0.1, 0.15) is 0 Å². The first-order valence-electron chi connectivity index (χ1n) is 1.86. The molecule has 5 nitrogen and oxygen atoms in total. The molecule has 0 atom stereocenters. The summed E-state index contributed by atoms with van der Waals surface area (Å²) in [5.41, 5.74) is 6.15. The van der Waals surface area contributed by atoms with Gasteiger partial charge < -0.3 is 13.4 Å². The van der Waals surface area contributed by atoms with Crippen LogP contribution in [0.2, 0.25) is 0 Å². The van der Waals surface area contributed by atoms with Crippen LogP contribution in [0.1, 0.15) is 9.78 Å². The van der Waals surface area contributed by atoms with Gasteiger partial charge in [0.05, 0.1) is 0 Å². The van der Waals surface area contributed by atoms with Crippen molar-refractivity contribution in [1.29, 1.82) is 0 Å². The minimum Gasteiger partial charge on any atom is -1.00 e. The smallest absolute Gasteiger partial charge is 1.00 e. The molecule has 0 aliphatic carbocycles. The number of nitrogens with one attached hydrogen (secondary N) is 1. The van der Waals surface area contributed by atoms with Crippen molar-refractivity contribution in [2.24, 2.45) is 5.73 Å². The summed E-state index contributed by atoms with van der Waals surface area (Å²) in [7, 11) is 0. The van der Waals surface area contributed by atoms with Crippen LogP contribution in [0.3, 0.4) is 0 Å². The van der Waals surface area contributed by atoms with Gasteiger partial charge in [-0.15, -0.1) is 0 Å². The summed E-state index contributed by atoms with van der Waals surface area (Å²) in [5, 5.41) is 0. The Balaban J connectivity index is -0.0000000817. The molecule has 0 fully saturated rings. The average molecular weight is 160 g/mol. The van der Waals surface area contributed by atoms with E-state index in [0.29, 0.717) is 0 Å². The molecule has 0 radical (unpaired) electrons. The van der Waals surface area contributed by atoms with Gasteiger partial charge in [-0.25, -0.2) is 4.79 Å². The fourth-order valence-corrected chi connectivity index (χ4v) is 0.122. The standard InChI is InChI=1S/C3H6N2O3.Ca.2H/c1-2(6)8-5-3(4)7;;;/h1H3,(H3,4,5,7);;;/q;+2;2*-1. The molecule has 6 heteroatoms. The second-order valence-electron chi connectivity index (χ2n) is 1.06. The molecule has 0 aromatic rings. The number of primary amides is 1. The Bertz CT molecular complexity index is 109. The molecule has 0 aromatic carbocycles. The number of hydrogen-bond acceptors (Lipinski definition) is 3. The van der Waals surface area contributed by atoms with Crippen molar-refractivity contribution in [2.75, 3.05) is 0 Å². The number of rotatable bonds is 0. The molecule has 0 rings (SSSR count). The molecule has 0 aliphatic heterocycles. The summed E-state index contributed by atoms with van der Waals surface area (Å²) in [6.45, 7) is 1.15. The third-order valence-corrected chi connectivity index (χ3v) is 0.295. The van der Waals surface area contributed by atoms with Crippen LogP contribution < -0.4 is 11.2 Å². The summed E-state index contributed by atoms with van der Waals surface area (Å²) in [6.07, 6.45) is 0. The molecular weight excluding hydrogens is 152 g/mol. The zero-order valence-electron chi connectivity index (χ0n) is 7.01. The van der Waals surface area contributed by atoms with Gasteiger partial charge in [0.15, 0.2) is 0 Å². The van der Waals surface area contributed by atoms with Crippen molar-refractivity contribution in [3.63, 3.8) is 0 Å². The molecule has 0 aromatic heterocycles. The average Bonchev–Trinajstić information content (AvgIpc) is 1.61. The van der Waals surface area contributed by atoms with Gasteiger partial charge in [0, 0.05) is 6.92 Å². The largest absolute Gasteiger partial charge is 2.00 e. The zero-order valence-corrected chi connectivity index (χ0v) is 7.22. The van der Waals surface area contributed by atoms with E-state index >= 15 is 0 Å². The molecule has 9 heavy (non-hydrogen) atoms. The Morgan fingerprint density at radius 2 is 2.11 bits per heavy atom. The Labute approximate surface area is 84.8 Å². The van der Waals surface area contributed by atoms with Crippen LogP contribution in [0, 0.1) is 0 Å². The maximum Gasteiger partial charge on any atom is 2.00 e. The Morgan fingerprint density at radius 3 is 2.22 bits per heavy atom. The number of nitrogens with two attached hydrogens (primary N) is 1. The summed E-state index contributed by atoms with van der Waals surface area (Å²) in [5.74, 6) is -0.608. The minimum absolute atomic E-state index is 0. The molecule has 0 unspecified atom stereocenters. The first kappa shape index (κ1) is 11.8. The van der Waals surface area contributed by atoms with Crippen molar-refractivity contribution in [3.05, 3.63) is 0 Å². The predicted molar refractivity (Wildman–Crippen MR) is 32.5 cm³/mol. The Hall–Kier alpha value is -0.000260. The van der Waals surface area contributed by atoms with Gasteiger partial charge in [-0.2, -0.15) is 5.48 Å². The maximum absolute atomic E-state index is 9.86. The first-order chi connectivity index (χ1) is 3.63. The molecule has 0 bridgehead atoms. The summed E-state index contributed by atoms with van der Waals surface area (Å²) >= 11 is 0. The number of carbonyl (C=O) groups excluding carboxylic acids is 2. The topological polar surface area (TPSA) is 81.4 Å². The second-order valence-corrected chi connectivity index (χ2v) is 1.06. The molecule has 0 spiro atoms. The van der Waals surface area contributed by atoms with Crippen molar-refractivity contribution in [2.45, 2.75) is 6.92 Å². The van der Waals surface area contributed by atoms with Gasteiger partial charge in [-0.1, -0.05) is 0 Å². The van der Waals surface area contributed by atoms with Crippen molar-refractivity contribution >= 4 is 49.7 Å². The second kappa shape index (κ2) is 6.12. The van der Waals surface area contributed by atoms with Crippen molar-refractivity contribution in [1.82, 2.24) is 5.48 Å². The van der Waals surface area contributed by atoms with E-state index in [2.05, 4.69) is 10.6 Å². The van der Waals surface area contributed by atoms with Gasteiger partial charge in [-0.05, 0) is 0 Å². The van der Waals surface area contributed by atoms with Crippen LogP contribution in [-0.4, -0.2) is 49.7 Å². The van der Waals surface area contributed by atoms with Crippen LogP contribution in [0.4, 0.5) is 4.79 Å². The van der Waals surface area contributed by atoms with Crippen molar-refractivity contribution in [3.8, 4) is 0 Å². The van der Waals surface area contributed by atoms with E-state index in [4.69, 9.17) is 0 Å². The number of urea groups is 1. The third-order valence-electron chi connectivity index (χ3n) is 0.295. The van der Waals surface area contributed by atoms with Crippen LogP contribution in [-0.2, 0) is 9.63 Å². The van der Waals surface area contributed by atoms with Crippen LogP contribution in [0.15, 0.2) is 0 Å². The number of carbonyl (C=O) groups is 2. The van der Waals surface area contributed by atoms with E-state index in [9.17, 15) is 9.59 Å². The molecule has 50 valence electrons. The van der Waals surface area contributed by atoms with Gasteiger partial charge in [-0.3, -0.25) is 4.79 Å². The van der Waals surface area contributed by atoms with Gasteiger partial charge in [0.25, 0.3) is 0 Å². The number of hydrogen-bond donors (Lipinski definition) is 2. The molecule has 2 amide bonds. The van der Waals surface area contributed by atoms with Crippen molar-refractivity contribution < 1.29 is 17.3 Å². The maximum atomic E-state index is 9.86. The van der Waals surface area contributed by atoms with Gasteiger partial charge >= 0.3 is 49.7 Å². The fraction of sp³-hybridized carbons (Fsp3) is 0.333. The van der Waals surface area contributed by atoms with Crippen LogP contribution in [0.5, 0.6) is 0 Å². The van der Waals surface area contributed by atoms with E-state index in [0.717, 1.165) is 6.92 Å². The Kier molecular flexibility index (Phi) is 8.00. The Morgan fingerprint density at radius 1 is 1.67 bits per heavy atom. The molecular formula is C3H8CaN2O3. The van der Waals surface area contributed by atoms with Crippen LogP contribution >= 0.6 is 0 Å². The van der Waals surface area contributed by atoms with E-state index in [-0.39, 0.29) is 40.6 Å². The van der Waals surface area contributed by atoms with E-state index in [1.54, 1.807) is 5.48 Å². The summed E-state index contributed by atoms with van der Waals surface area (Å²) in [4.78, 5) is 23.5. The zero-order chi connectivity index (χ0) is 6.57. The van der Waals surface area contributed by atoms with Crippen LogP contribution in [0.25, 0.3) is 0 Å². The molecule has 0 saturated carbocycles. The normalized spacial score (nSPS) is 6.78. The molecule has 3 N–H and O–H groups in total.